The number of fused-ring (bicyclic) bond motifs is 1. The van der Waals surface area contributed by atoms with Gasteiger partial charge in [-0.3, -0.25) is 4.68 Å². The fourth-order valence-corrected chi connectivity index (χ4v) is 2.74. The van der Waals surface area contributed by atoms with Crippen LogP contribution in [-0.4, -0.2) is 22.9 Å². The maximum absolute atomic E-state index is 4.68. The predicted molar refractivity (Wildman–Crippen MR) is 70.1 cm³/mol. The van der Waals surface area contributed by atoms with Crippen molar-refractivity contribution in [1.82, 2.24) is 15.1 Å². The van der Waals surface area contributed by atoms with Crippen molar-refractivity contribution in [2.75, 3.05) is 13.1 Å². The maximum Gasteiger partial charge on any atom is 0.0685 e. The van der Waals surface area contributed by atoms with Crippen LogP contribution >= 0.6 is 0 Å². The smallest absolute Gasteiger partial charge is 0.0685 e. The van der Waals surface area contributed by atoms with Crippen LogP contribution in [0.1, 0.15) is 18.5 Å². The molecule has 0 saturated carbocycles. The molecule has 2 heterocycles. The number of rotatable bonds is 2. The summed E-state index contributed by atoms with van der Waals surface area (Å²) in [4.78, 5) is 0. The van der Waals surface area contributed by atoms with Crippen molar-refractivity contribution in [3.8, 4) is 0 Å². The van der Waals surface area contributed by atoms with E-state index in [-0.39, 0.29) is 0 Å². The Labute approximate surface area is 102 Å². The molecule has 3 heteroatoms. The molecule has 0 radical (unpaired) electrons. The molecule has 0 spiro atoms. The molecule has 1 saturated heterocycles. The topological polar surface area (TPSA) is 29.9 Å². The Kier molecular flexibility index (Phi) is 2.85. The van der Waals surface area contributed by atoms with Gasteiger partial charge in [-0.15, -0.1) is 0 Å². The van der Waals surface area contributed by atoms with Crippen molar-refractivity contribution < 1.29 is 0 Å². The number of aromatic nitrogens is 2. The lowest BCUT2D eigenvalue weighted by atomic mass is 9.98. The molecule has 0 unspecified atom stereocenters. The molecule has 1 aromatic carbocycles. The van der Waals surface area contributed by atoms with Crippen LogP contribution in [0.4, 0.5) is 0 Å². The van der Waals surface area contributed by atoms with E-state index in [2.05, 4.69) is 46.3 Å². The van der Waals surface area contributed by atoms with Crippen LogP contribution in [0.25, 0.3) is 10.9 Å². The minimum atomic E-state index is 0.777. The largest absolute Gasteiger partial charge is 0.317 e. The van der Waals surface area contributed by atoms with E-state index in [4.69, 9.17) is 0 Å². The first kappa shape index (κ1) is 10.8. The minimum absolute atomic E-state index is 0.777. The predicted octanol–water partition coefficient (Wildman–Crippen LogP) is 2.34. The van der Waals surface area contributed by atoms with Crippen LogP contribution < -0.4 is 5.32 Å². The van der Waals surface area contributed by atoms with Gasteiger partial charge in [0.15, 0.2) is 0 Å². The molecule has 1 fully saturated rings. The van der Waals surface area contributed by atoms with Crippen LogP contribution in [0, 0.1) is 12.8 Å². The first-order chi connectivity index (χ1) is 8.34. The van der Waals surface area contributed by atoms with Gasteiger partial charge < -0.3 is 5.32 Å². The van der Waals surface area contributed by atoms with Crippen LogP contribution in [0.3, 0.4) is 0 Å². The highest BCUT2D eigenvalue weighted by Crippen LogP contribution is 2.21. The summed E-state index contributed by atoms with van der Waals surface area (Å²) in [6.45, 7) is 5.48. The summed E-state index contributed by atoms with van der Waals surface area (Å²) in [6, 6.07) is 8.53. The van der Waals surface area contributed by atoms with Crippen LogP contribution in [0.5, 0.6) is 0 Å². The number of hydrogen-bond donors (Lipinski definition) is 1. The minimum Gasteiger partial charge on any atom is -0.317 e. The quantitative estimate of drug-likeness (QED) is 0.856. The monoisotopic (exact) mass is 229 g/mol. The normalized spacial score (nSPS) is 17.7. The molecule has 1 N–H and O–H groups in total. The first-order valence-electron chi connectivity index (χ1n) is 6.47. The van der Waals surface area contributed by atoms with Gasteiger partial charge in [-0.1, -0.05) is 18.2 Å². The van der Waals surface area contributed by atoms with Gasteiger partial charge in [-0.2, -0.15) is 5.10 Å². The highest BCUT2D eigenvalue weighted by atomic mass is 15.3. The number of para-hydroxylation sites is 1. The van der Waals surface area contributed by atoms with E-state index < -0.39 is 0 Å². The van der Waals surface area contributed by atoms with Crippen molar-refractivity contribution in [1.29, 1.82) is 0 Å². The average Bonchev–Trinajstić information content (AvgIpc) is 2.69. The van der Waals surface area contributed by atoms with Gasteiger partial charge in [0.2, 0.25) is 0 Å². The zero-order chi connectivity index (χ0) is 11.7. The highest BCUT2D eigenvalue weighted by molar-refractivity contribution is 5.81. The van der Waals surface area contributed by atoms with Crippen molar-refractivity contribution >= 4 is 10.9 Å². The third-order valence-electron chi connectivity index (χ3n) is 3.73. The van der Waals surface area contributed by atoms with Gasteiger partial charge in [0.1, 0.15) is 0 Å². The van der Waals surface area contributed by atoms with Gasteiger partial charge in [0.05, 0.1) is 11.2 Å². The van der Waals surface area contributed by atoms with E-state index in [0.717, 1.165) is 31.2 Å². The van der Waals surface area contributed by atoms with Gasteiger partial charge >= 0.3 is 0 Å². The van der Waals surface area contributed by atoms with Crippen LogP contribution in [-0.2, 0) is 6.54 Å². The molecule has 0 bridgehead atoms. The Morgan fingerprint density at radius 1 is 1.29 bits per heavy atom. The number of nitrogens with one attached hydrogen (secondary N) is 1. The molecule has 1 aliphatic rings. The zero-order valence-electron chi connectivity index (χ0n) is 10.3. The standard InChI is InChI=1S/C14H19N3/c1-11-13-4-2-3-5-14(13)17(16-11)10-12-6-8-15-9-7-12/h2-5,12,15H,6-10H2,1H3. The second-order valence-electron chi connectivity index (χ2n) is 4.98. The van der Waals surface area contributed by atoms with E-state index in [1.54, 1.807) is 0 Å². The first-order valence-corrected chi connectivity index (χ1v) is 6.47. The second-order valence-corrected chi connectivity index (χ2v) is 4.98. The van der Waals surface area contributed by atoms with Crippen molar-refractivity contribution in [3.05, 3.63) is 30.0 Å². The molecule has 0 atom stereocenters. The molecule has 90 valence electrons. The Balaban J connectivity index is 1.89. The summed E-state index contributed by atoms with van der Waals surface area (Å²) in [5.41, 5.74) is 2.43. The summed E-state index contributed by atoms with van der Waals surface area (Å²) in [5.74, 6) is 0.777. The average molecular weight is 229 g/mol. The summed E-state index contributed by atoms with van der Waals surface area (Å²) >= 11 is 0. The third-order valence-corrected chi connectivity index (χ3v) is 3.73. The van der Waals surface area contributed by atoms with Crippen LogP contribution in [0.2, 0.25) is 0 Å². The Bertz CT molecular complexity index is 509. The number of aryl methyl sites for hydroxylation is 1. The molecular formula is C14H19N3. The van der Waals surface area contributed by atoms with E-state index in [1.165, 1.54) is 23.7 Å². The summed E-state index contributed by atoms with van der Waals surface area (Å²) in [6.07, 6.45) is 2.54. The summed E-state index contributed by atoms with van der Waals surface area (Å²) in [5, 5.41) is 9.39. The fourth-order valence-electron chi connectivity index (χ4n) is 2.74. The van der Waals surface area contributed by atoms with E-state index in [9.17, 15) is 0 Å². The highest BCUT2D eigenvalue weighted by Gasteiger charge is 2.15. The Hall–Kier alpha value is -1.35. The van der Waals surface area contributed by atoms with Gasteiger partial charge in [-0.25, -0.2) is 0 Å². The molecule has 0 amide bonds. The fraction of sp³-hybridized carbons (Fsp3) is 0.500. The van der Waals surface area contributed by atoms with Crippen molar-refractivity contribution in [2.45, 2.75) is 26.3 Å². The molecule has 2 aromatic rings. The van der Waals surface area contributed by atoms with Gasteiger partial charge in [0.25, 0.3) is 0 Å². The molecule has 1 aromatic heterocycles. The molecular weight excluding hydrogens is 210 g/mol. The number of nitrogens with zero attached hydrogens (tertiary/aromatic N) is 2. The molecule has 17 heavy (non-hydrogen) atoms. The van der Waals surface area contributed by atoms with Crippen molar-refractivity contribution in [3.63, 3.8) is 0 Å². The Morgan fingerprint density at radius 2 is 2.06 bits per heavy atom. The lowest BCUT2D eigenvalue weighted by molar-refractivity contribution is 0.325. The van der Waals surface area contributed by atoms with E-state index >= 15 is 0 Å². The number of hydrogen-bond acceptors (Lipinski definition) is 2. The van der Waals surface area contributed by atoms with E-state index in [0.29, 0.717) is 0 Å². The number of piperidine rings is 1. The summed E-state index contributed by atoms with van der Waals surface area (Å²) < 4.78 is 2.20. The Morgan fingerprint density at radius 3 is 2.88 bits per heavy atom. The third kappa shape index (κ3) is 2.07. The SMILES string of the molecule is Cc1nn(CC2CCNCC2)c2ccccc12. The lowest BCUT2D eigenvalue weighted by Crippen LogP contribution is -2.30. The van der Waals surface area contributed by atoms with E-state index in [1.807, 2.05) is 0 Å². The maximum atomic E-state index is 4.68. The summed E-state index contributed by atoms with van der Waals surface area (Å²) in [7, 11) is 0. The van der Waals surface area contributed by atoms with Crippen molar-refractivity contribution in [2.24, 2.45) is 5.92 Å². The number of benzene rings is 1. The zero-order valence-corrected chi connectivity index (χ0v) is 10.3. The molecule has 3 nitrogen and oxygen atoms in total. The second kappa shape index (κ2) is 4.49. The van der Waals surface area contributed by atoms with Gasteiger partial charge in [0, 0.05) is 11.9 Å². The molecule has 0 aliphatic carbocycles. The lowest BCUT2D eigenvalue weighted by Gasteiger charge is -2.22. The molecule has 3 rings (SSSR count). The van der Waals surface area contributed by atoms with Gasteiger partial charge in [-0.05, 0) is 44.8 Å². The van der Waals surface area contributed by atoms with Crippen LogP contribution in [0.15, 0.2) is 24.3 Å². The molecule has 1 aliphatic heterocycles.